The number of rotatable bonds is 1. The van der Waals surface area contributed by atoms with Gasteiger partial charge in [-0.1, -0.05) is 11.6 Å². The van der Waals surface area contributed by atoms with Crippen molar-refractivity contribution < 1.29 is 0 Å². The zero-order chi connectivity index (χ0) is 11.1. The van der Waals surface area contributed by atoms with E-state index in [1.54, 1.807) is 11.3 Å². The number of aromatic nitrogens is 2. The molecule has 0 aliphatic heterocycles. The van der Waals surface area contributed by atoms with Gasteiger partial charge in [-0.15, -0.1) is 11.3 Å². The maximum atomic E-state index is 5.92. The Morgan fingerprint density at radius 1 is 1.31 bits per heavy atom. The molecule has 3 aromatic rings. The Morgan fingerprint density at radius 3 is 2.94 bits per heavy atom. The van der Waals surface area contributed by atoms with E-state index in [0.717, 1.165) is 20.0 Å². The molecule has 0 fully saturated rings. The van der Waals surface area contributed by atoms with Gasteiger partial charge < -0.3 is 4.40 Å². The van der Waals surface area contributed by atoms with E-state index in [4.69, 9.17) is 11.6 Å². The predicted octanol–water partition coefficient (Wildman–Crippen LogP) is 4.48. The number of fused-ring (bicyclic) bond motifs is 1. The zero-order valence-electron chi connectivity index (χ0n) is 8.02. The third kappa shape index (κ3) is 1.77. The molecule has 16 heavy (non-hydrogen) atoms. The second-order valence-corrected chi connectivity index (χ2v) is 6.24. The summed E-state index contributed by atoms with van der Waals surface area (Å²) in [6, 6.07) is 7.78. The van der Waals surface area contributed by atoms with Crippen LogP contribution in [0.4, 0.5) is 0 Å². The van der Waals surface area contributed by atoms with Crippen LogP contribution in [0.5, 0.6) is 0 Å². The zero-order valence-corrected chi connectivity index (χ0v) is 11.2. The smallest absolute Gasteiger partial charge is 0.138 e. The number of imidazole rings is 1. The molecule has 0 aliphatic carbocycles. The van der Waals surface area contributed by atoms with E-state index in [1.165, 1.54) is 0 Å². The number of nitrogens with zero attached hydrogens (tertiary/aromatic N) is 2. The highest BCUT2D eigenvalue weighted by atomic mass is 79.9. The van der Waals surface area contributed by atoms with Crippen LogP contribution >= 0.6 is 38.9 Å². The van der Waals surface area contributed by atoms with Crippen LogP contribution in [0.3, 0.4) is 0 Å². The summed E-state index contributed by atoms with van der Waals surface area (Å²) in [4.78, 5) is 5.67. The van der Waals surface area contributed by atoms with Gasteiger partial charge in [0, 0.05) is 23.5 Å². The van der Waals surface area contributed by atoms with Crippen molar-refractivity contribution in [3.05, 3.63) is 45.5 Å². The average Bonchev–Trinajstić information content (AvgIpc) is 2.83. The fraction of sp³-hybridized carbons (Fsp3) is 0. The SMILES string of the molecule is Clc1ccn2cc(-c3ccc(Br)s3)nc2c1. The van der Waals surface area contributed by atoms with Gasteiger partial charge in [-0.05, 0) is 34.1 Å². The molecule has 0 atom stereocenters. The van der Waals surface area contributed by atoms with E-state index in [-0.39, 0.29) is 0 Å². The molecular formula is C11H6BrClN2S. The number of thiophene rings is 1. The number of pyridine rings is 1. The van der Waals surface area contributed by atoms with E-state index in [2.05, 4.69) is 27.0 Å². The van der Waals surface area contributed by atoms with Crippen molar-refractivity contribution in [2.24, 2.45) is 0 Å². The Morgan fingerprint density at radius 2 is 2.19 bits per heavy atom. The normalized spacial score (nSPS) is 11.1. The first-order chi connectivity index (χ1) is 7.72. The second kappa shape index (κ2) is 3.87. The molecule has 0 amide bonds. The highest BCUT2D eigenvalue weighted by Crippen LogP contribution is 2.30. The summed E-state index contributed by atoms with van der Waals surface area (Å²) in [6.45, 7) is 0. The van der Waals surface area contributed by atoms with Crippen LogP contribution in [0.1, 0.15) is 0 Å². The van der Waals surface area contributed by atoms with Crippen molar-refractivity contribution in [2.45, 2.75) is 0 Å². The van der Waals surface area contributed by atoms with Crippen molar-refractivity contribution in [1.29, 1.82) is 0 Å². The van der Waals surface area contributed by atoms with Gasteiger partial charge in [0.1, 0.15) is 5.65 Å². The van der Waals surface area contributed by atoms with Gasteiger partial charge in [-0.25, -0.2) is 4.98 Å². The van der Waals surface area contributed by atoms with Crippen LogP contribution in [0.15, 0.2) is 40.4 Å². The molecule has 0 bridgehead atoms. The van der Waals surface area contributed by atoms with E-state index in [9.17, 15) is 0 Å². The summed E-state index contributed by atoms with van der Waals surface area (Å²) in [5, 5.41) is 0.706. The van der Waals surface area contributed by atoms with E-state index < -0.39 is 0 Å². The van der Waals surface area contributed by atoms with E-state index in [0.29, 0.717) is 5.02 Å². The quantitative estimate of drug-likeness (QED) is 0.647. The third-order valence-corrected chi connectivity index (χ3v) is 4.13. The molecule has 2 nitrogen and oxygen atoms in total. The molecule has 0 spiro atoms. The van der Waals surface area contributed by atoms with Crippen LogP contribution in [-0.4, -0.2) is 9.38 Å². The maximum absolute atomic E-state index is 5.92. The molecule has 0 saturated carbocycles. The summed E-state index contributed by atoms with van der Waals surface area (Å²) < 4.78 is 3.08. The summed E-state index contributed by atoms with van der Waals surface area (Å²) >= 11 is 11.0. The fourth-order valence-corrected chi connectivity index (χ4v) is 3.02. The molecule has 0 radical (unpaired) electrons. The topological polar surface area (TPSA) is 17.3 Å². The highest BCUT2D eigenvalue weighted by Gasteiger charge is 2.06. The minimum Gasteiger partial charge on any atom is -0.306 e. The molecule has 3 rings (SSSR count). The van der Waals surface area contributed by atoms with Crippen molar-refractivity contribution in [3.8, 4) is 10.6 Å². The summed E-state index contributed by atoms with van der Waals surface area (Å²) in [5.41, 5.74) is 1.84. The monoisotopic (exact) mass is 312 g/mol. The van der Waals surface area contributed by atoms with Crippen molar-refractivity contribution >= 4 is 44.5 Å². The van der Waals surface area contributed by atoms with Gasteiger partial charge in [0.25, 0.3) is 0 Å². The second-order valence-electron chi connectivity index (χ2n) is 3.34. The van der Waals surface area contributed by atoms with Crippen molar-refractivity contribution in [3.63, 3.8) is 0 Å². The summed E-state index contributed by atoms with van der Waals surface area (Å²) in [5.74, 6) is 0. The first-order valence-corrected chi connectivity index (χ1v) is 6.61. The Labute approximate surface area is 110 Å². The largest absolute Gasteiger partial charge is 0.306 e. The fourth-order valence-electron chi connectivity index (χ4n) is 1.53. The van der Waals surface area contributed by atoms with Gasteiger partial charge in [0.05, 0.1) is 14.4 Å². The first-order valence-electron chi connectivity index (χ1n) is 4.62. The lowest BCUT2D eigenvalue weighted by Crippen LogP contribution is -1.79. The van der Waals surface area contributed by atoms with Crippen LogP contribution in [0.2, 0.25) is 5.02 Å². The molecule has 5 heteroatoms. The highest BCUT2D eigenvalue weighted by molar-refractivity contribution is 9.11. The molecule has 0 saturated heterocycles. The Hall–Kier alpha value is -0.840. The molecular weight excluding hydrogens is 308 g/mol. The number of halogens is 2. The van der Waals surface area contributed by atoms with Gasteiger partial charge in [0.15, 0.2) is 0 Å². The molecule has 0 aliphatic rings. The van der Waals surface area contributed by atoms with Crippen molar-refractivity contribution in [1.82, 2.24) is 9.38 Å². The molecule has 80 valence electrons. The Kier molecular flexibility index (Phi) is 2.50. The molecule has 0 aromatic carbocycles. The molecule has 3 heterocycles. The van der Waals surface area contributed by atoms with Crippen LogP contribution in [0, 0.1) is 0 Å². The standard InChI is InChI=1S/C11H6BrClN2S/c12-10-2-1-9(16-10)8-6-15-4-3-7(13)5-11(15)14-8/h1-6H. The van der Waals surface area contributed by atoms with Crippen LogP contribution in [0.25, 0.3) is 16.2 Å². The average molecular weight is 314 g/mol. The lowest BCUT2D eigenvalue weighted by Gasteiger charge is -1.90. The Bertz CT molecular complexity index is 659. The minimum atomic E-state index is 0.706. The maximum Gasteiger partial charge on any atom is 0.138 e. The van der Waals surface area contributed by atoms with E-state index in [1.807, 2.05) is 35.0 Å². The van der Waals surface area contributed by atoms with E-state index >= 15 is 0 Å². The molecule has 0 unspecified atom stereocenters. The van der Waals surface area contributed by atoms with Crippen molar-refractivity contribution in [2.75, 3.05) is 0 Å². The third-order valence-electron chi connectivity index (χ3n) is 2.25. The van der Waals surface area contributed by atoms with Gasteiger partial charge >= 0.3 is 0 Å². The summed E-state index contributed by atoms with van der Waals surface area (Å²) in [7, 11) is 0. The molecule has 0 N–H and O–H groups in total. The predicted molar refractivity (Wildman–Crippen MR) is 71.2 cm³/mol. The lowest BCUT2D eigenvalue weighted by molar-refractivity contribution is 1.19. The number of hydrogen-bond acceptors (Lipinski definition) is 2. The van der Waals surface area contributed by atoms with Gasteiger partial charge in [-0.3, -0.25) is 0 Å². The Balaban J connectivity index is 2.18. The number of hydrogen-bond donors (Lipinski definition) is 0. The minimum absolute atomic E-state index is 0.706. The van der Waals surface area contributed by atoms with Crippen LogP contribution in [-0.2, 0) is 0 Å². The van der Waals surface area contributed by atoms with Crippen LogP contribution < -0.4 is 0 Å². The summed E-state index contributed by atoms with van der Waals surface area (Å²) in [6.07, 6.45) is 3.92. The van der Waals surface area contributed by atoms with Gasteiger partial charge in [0.2, 0.25) is 0 Å². The van der Waals surface area contributed by atoms with Gasteiger partial charge in [-0.2, -0.15) is 0 Å². The first kappa shape index (κ1) is 10.3. The molecule has 3 aromatic heterocycles. The lowest BCUT2D eigenvalue weighted by atomic mass is 10.4.